The van der Waals surface area contributed by atoms with Crippen molar-refractivity contribution in [3.8, 4) is 5.75 Å². The standard InChI is InChI=1S/C10H12N2O4/c1-3-16-9-6-7(10(13)11-2)4-5-8(9)12(14)15/h4-6H,3H2,1-2H3,(H,11,13). The molecule has 6 nitrogen and oxygen atoms in total. The third-order valence-electron chi connectivity index (χ3n) is 1.95. The molecule has 0 aliphatic rings. The van der Waals surface area contributed by atoms with E-state index in [-0.39, 0.29) is 17.3 Å². The van der Waals surface area contributed by atoms with E-state index in [2.05, 4.69) is 5.32 Å². The fraction of sp³-hybridized carbons (Fsp3) is 0.300. The van der Waals surface area contributed by atoms with Crippen LogP contribution in [-0.2, 0) is 0 Å². The van der Waals surface area contributed by atoms with Gasteiger partial charge in [0.1, 0.15) is 0 Å². The van der Waals surface area contributed by atoms with Crippen LogP contribution in [0.25, 0.3) is 0 Å². The van der Waals surface area contributed by atoms with Crippen LogP contribution in [-0.4, -0.2) is 24.5 Å². The minimum atomic E-state index is -0.543. The monoisotopic (exact) mass is 224 g/mol. The van der Waals surface area contributed by atoms with Crippen molar-refractivity contribution in [1.82, 2.24) is 5.32 Å². The lowest BCUT2D eigenvalue weighted by molar-refractivity contribution is -0.385. The van der Waals surface area contributed by atoms with E-state index in [4.69, 9.17) is 4.74 Å². The lowest BCUT2D eigenvalue weighted by atomic mass is 10.2. The van der Waals surface area contributed by atoms with Crippen molar-refractivity contribution < 1.29 is 14.5 Å². The zero-order chi connectivity index (χ0) is 12.1. The molecule has 1 N–H and O–H groups in total. The van der Waals surface area contributed by atoms with Gasteiger partial charge < -0.3 is 10.1 Å². The van der Waals surface area contributed by atoms with Crippen molar-refractivity contribution in [1.29, 1.82) is 0 Å². The largest absolute Gasteiger partial charge is 0.487 e. The van der Waals surface area contributed by atoms with E-state index in [0.29, 0.717) is 12.2 Å². The maximum absolute atomic E-state index is 11.3. The van der Waals surface area contributed by atoms with E-state index < -0.39 is 4.92 Å². The van der Waals surface area contributed by atoms with Crippen molar-refractivity contribution in [2.45, 2.75) is 6.92 Å². The van der Waals surface area contributed by atoms with Crippen LogP contribution in [0.15, 0.2) is 18.2 Å². The SMILES string of the molecule is CCOc1cc(C(=O)NC)ccc1[N+](=O)[O-]. The van der Waals surface area contributed by atoms with E-state index in [1.165, 1.54) is 25.2 Å². The summed E-state index contributed by atoms with van der Waals surface area (Å²) in [7, 11) is 1.49. The van der Waals surface area contributed by atoms with Crippen LogP contribution in [0.3, 0.4) is 0 Å². The molecule has 0 spiro atoms. The first-order valence-electron chi connectivity index (χ1n) is 4.73. The normalized spacial score (nSPS) is 9.62. The summed E-state index contributed by atoms with van der Waals surface area (Å²) in [4.78, 5) is 21.4. The van der Waals surface area contributed by atoms with Crippen molar-refractivity contribution in [2.75, 3.05) is 13.7 Å². The van der Waals surface area contributed by atoms with Gasteiger partial charge >= 0.3 is 5.69 Å². The number of benzene rings is 1. The zero-order valence-corrected chi connectivity index (χ0v) is 9.02. The molecule has 0 saturated carbocycles. The summed E-state index contributed by atoms with van der Waals surface area (Å²) in [5.41, 5.74) is 0.186. The molecule has 1 aromatic rings. The maximum atomic E-state index is 11.3. The van der Waals surface area contributed by atoms with Crippen LogP contribution < -0.4 is 10.1 Å². The molecule has 0 saturated heterocycles. The van der Waals surface area contributed by atoms with Crippen LogP contribution in [0.5, 0.6) is 5.75 Å². The fourth-order valence-corrected chi connectivity index (χ4v) is 1.22. The summed E-state index contributed by atoms with van der Waals surface area (Å²) in [6.45, 7) is 2.02. The molecule has 0 radical (unpaired) electrons. The molecule has 0 aromatic heterocycles. The average molecular weight is 224 g/mol. The predicted octanol–water partition coefficient (Wildman–Crippen LogP) is 1.35. The van der Waals surface area contributed by atoms with Gasteiger partial charge in [0.2, 0.25) is 0 Å². The second kappa shape index (κ2) is 5.11. The van der Waals surface area contributed by atoms with Crippen molar-refractivity contribution in [2.24, 2.45) is 0 Å². The number of carbonyl (C=O) groups is 1. The molecule has 0 aliphatic heterocycles. The number of nitrogens with zero attached hydrogens (tertiary/aromatic N) is 1. The Morgan fingerprint density at radius 2 is 2.25 bits per heavy atom. The van der Waals surface area contributed by atoms with Gasteiger partial charge in [-0.25, -0.2) is 0 Å². The molecule has 0 bridgehead atoms. The van der Waals surface area contributed by atoms with Crippen LogP contribution >= 0.6 is 0 Å². The van der Waals surface area contributed by atoms with Gasteiger partial charge in [-0.2, -0.15) is 0 Å². The zero-order valence-electron chi connectivity index (χ0n) is 9.02. The average Bonchev–Trinajstić information content (AvgIpc) is 2.28. The van der Waals surface area contributed by atoms with Gasteiger partial charge in [-0.05, 0) is 13.0 Å². The topological polar surface area (TPSA) is 81.5 Å². The second-order valence-electron chi connectivity index (χ2n) is 2.95. The number of nitro groups is 1. The first kappa shape index (κ1) is 12.0. The summed E-state index contributed by atoms with van der Waals surface area (Å²) in [5.74, 6) is -0.204. The highest BCUT2D eigenvalue weighted by Gasteiger charge is 2.17. The van der Waals surface area contributed by atoms with Gasteiger partial charge in [0.25, 0.3) is 5.91 Å². The molecule has 1 rings (SSSR count). The molecule has 0 unspecified atom stereocenters. The molecule has 86 valence electrons. The van der Waals surface area contributed by atoms with Gasteiger partial charge in [0.15, 0.2) is 5.75 Å². The van der Waals surface area contributed by atoms with Crippen LogP contribution in [0.4, 0.5) is 5.69 Å². The third kappa shape index (κ3) is 2.47. The van der Waals surface area contributed by atoms with E-state index in [9.17, 15) is 14.9 Å². The Kier molecular flexibility index (Phi) is 3.82. The number of rotatable bonds is 4. The molecule has 0 fully saturated rings. The molecule has 1 amide bonds. The molecule has 6 heteroatoms. The smallest absolute Gasteiger partial charge is 0.310 e. The molecule has 0 aliphatic carbocycles. The van der Waals surface area contributed by atoms with Crippen molar-refractivity contribution in [3.05, 3.63) is 33.9 Å². The van der Waals surface area contributed by atoms with Crippen molar-refractivity contribution in [3.63, 3.8) is 0 Å². The third-order valence-corrected chi connectivity index (χ3v) is 1.95. The Labute approximate surface area is 92.4 Å². The Hall–Kier alpha value is -2.11. The minimum Gasteiger partial charge on any atom is -0.487 e. The minimum absolute atomic E-state index is 0.105. The lowest BCUT2D eigenvalue weighted by Gasteiger charge is -2.06. The van der Waals surface area contributed by atoms with Gasteiger partial charge in [-0.15, -0.1) is 0 Å². The molecular formula is C10H12N2O4. The summed E-state index contributed by atoms with van der Waals surface area (Å²) in [6, 6.07) is 4.01. The second-order valence-corrected chi connectivity index (χ2v) is 2.95. The lowest BCUT2D eigenvalue weighted by Crippen LogP contribution is -2.17. The number of carbonyl (C=O) groups excluding carboxylic acids is 1. The van der Waals surface area contributed by atoms with Crippen molar-refractivity contribution >= 4 is 11.6 Å². The van der Waals surface area contributed by atoms with E-state index in [1.54, 1.807) is 6.92 Å². The Morgan fingerprint density at radius 1 is 1.56 bits per heavy atom. The first-order valence-corrected chi connectivity index (χ1v) is 4.73. The highest BCUT2D eigenvalue weighted by Crippen LogP contribution is 2.27. The predicted molar refractivity (Wildman–Crippen MR) is 57.7 cm³/mol. The van der Waals surface area contributed by atoms with Gasteiger partial charge in [0.05, 0.1) is 11.5 Å². The van der Waals surface area contributed by atoms with Gasteiger partial charge in [0, 0.05) is 24.7 Å². The highest BCUT2D eigenvalue weighted by molar-refractivity contribution is 5.94. The number of ether oxygens (including phenoxy) is 1. The molecule has 0 heterocycles. The quantitative estimate of drug-likeness (QED) is 0.618. The van der Waals surface area contributed by atoms with Crippen LogP contribution in [0.1, 0.15) is 17.3 Å². The van der Waals surface area contributed by atoms with Gasteiger partial charge in [-0.1, -0.05) is 0 Å². The Bertz CT molecular complexity index is 417. The number of hydrogen-bond acceptors (Lipinski definition) is 4. The Balaban J connectivity index is 3.16. The summed E-state index contributed by atoms with van der Waals surface area (Å²) in [6.07, 6.45) is 0. The number of amides is 1. The molecule has 0 atom stereocenters. The van der Waals surface area contributed by atoms with Gasteiger partial charge in [-0.3, -0.25) is 14.9 Å². The molecule has 1 aromatic carbocycles. The van der Waals surface area contributed by atoms with E-state index >= 15 is 0 Å². The highest BCUT2D eigenvalue weighted by atomic mass is 16.6. The first-order chi connectivity index (χ1) is 7.60. The summed E-state index contributed by atoms with van der Waals surface area (Å²) in [5, 5.41) is 13.1. The fourth-order valence-electron chi connectivity index (χ4n) is 1.22. The number of nitro benzene ring substituents is 1. The Morgan fingerprint density at radius 3 is 2.75 bits per heavy atom. The molecular weight excluding hydrogens is 212 g/mol. The van der Waals surface area contributed by atoms with Crippen LogP contribution in [0, 0.1) is 10.1 Å². The number of nitrogens with one attached hydrogen (secondary N) is 1. The summed E-state index contributed by atoms with van der Waals surface area (Å²) < 4.78 is 5.11. The number of hydrogen-bond donors (Lipinski definition) is 1. The summed E-state index contributed by atoms with van der Waals surface area (Å²) >= 11 is 0. The molecule has 16 heavy (non-hydrogen) atoms. The van der Waals surface area contributed by atoms with Crippen LogP contribution in [0.2, 0.25) is 0 Å². The maximum Gasteiger partial charge on any atom is 0.310 e. The van der Waals surface area contributed by atoms with E-state index in [0.717, 1.165) is 0 Å². The van der Waals surface area contributed by atoms with E-state index in [1.807, 2.05) is 0 Å².